The molecule has 1 aromatic rings. The zero-order chi connectivity index (χ0) is 12.3. The van der Waals surface area contributed by atoms with Crippen LogP contribution in [0, 0.1) is 0 Å². The van der Waals surface area contributed by atoms with Gasteiger partial charge < -0.3 is 15.7 Å². The zero-order valence-corrected chi connectivity index (χ0v) is 10.4. The van der Waals surface area contributed by atoms with E-state index in [0.29, 0.717) is 24.5 Å². The fourth-order valence-corrected chi connectivity index (χ4v) is 1.67. The molecule has 5 heteroatoms. The molecule has 0 aromatic carbocycles. The van der Waals surface area contributed by atoms with Gasteiger partial charge in [0.2, 0.25) is 5.95 Å². The number of anilines is 2. The quantitative estimate of drug-likeness (QED) is 0.699. The topological polar surface area (TPSA) is 70.1 Å². The highest BCUT2D eigenvalue weighted by molar-refractivity contribution is 5.44. The van der Waals surface area contributed by atoms with E-state index in [0.717, 1.165) is 11.5 Å². The summed E-state index contributed by atoms with van der Waals surface area (Å²) in [6.45, 7) is 4.73. The Morgan fingerprint density at radius 2 is 2.18 bits per heavy atom. The molecule has 1 aromatic heterocycles. The van der Waals surface area contributed by atoms with Gasteiger partial charge in [0.05, 0.1) is 12.3 Å². The van der Waals surface area contributed by atoms with Crippen molar-refractivity contribution in [1.82, 2.24) is 9.97 Å². The molecule has 1 heterocycles. The Bertz CT molecular complexity index is 377. The van der Waals surface area contributed by atoms with Crippen molar-refractivity contribution in [3.05, 3.63) is 11.8 Å². The molecule has 0 unspecified atom stereocenters. The van der Waals surface area contributed by atoms with Crippen LogP contribution in [-0.2, 0) is 0 Å². The van der Waals surface area contributed by atoms with Crippen LogP contribution in [0.4, 0.5) is 11.8 Å². The van der Waals surface area contributed by atoms with E-state index in [4.69, 9.17) is 5.11 Å². The SMILES string of the molecule is CC(C)Nc1cc(C2CC2)nc(NCCO)n1. The molecule has 1 aliphatic carbocycles. The zero-order valence-electron chi connectivity index (χ0n) is 10.4. The molecule has 1 saturated carbocycles. The lowest BCUT2D eigenvalue weighted by Gasteiger charge is -2.12. The van der Waals surface area contributed by atoms with Gasteiger partial charge in [-0.3, -0.25) is 0 Å². The highest BCUT2D eigenvalue weighted by atomic mass is 16.3. The maximum atomic E-state index is 8.80. The standard InChI is InChI=1S/C12H20N4O/c1-8(2)14-11-7-10(9-3-4-9)15-12(16-11)13-5-6-17/h7-9,17H,3-6H2,1-2H3,(H2,13,14,15,16). The highest BCUT2D eigenvalue weighted by Gasteiger charge is 2.26. The summed E-state index contributed by atoms with van der Waals surface area (Å²) >= 11 is 0. The summed E-state index contributed by atoms with van der Waals surface area (Å²) in [5.41, 5.74) is 1.10. The van der Waals surface area contributed by atoms with E-state index in [-0.39, 0.29) is 6.61 Å². The fourth-order valence-electron chi connectivity index (χ4n) is 1.67. The Morgan fingerprint density at radius 3 is 2.76 bits per heavy atom. The number of nitrogens with one attached hydrogen (secondary N) is 2. The molecule has 0 atom stereocenters. The summed E-state index contributed by atoms with van der Waals surface area (Å²) in [7, 11) is 0. The van der Waals surface area contributed by atoms with Gasteiger partial charge in [-0.2, -0.15) is 4.98 Å². The lowest BCUT2D eigenvalue weighted by molar-refractivity contribution is 0.311. The minimum absolute atomic E-state index is 0.0873. The van der Waals surface area contributed by atoms with E-state index < -0.39 is 0 Å². The summed E-state index contributed by atoms with van der Waals surface area (Å²) < 4.78 is 0. The Hall–Kier alpha value is -1.36. The number of hydrogen-bond acceptors (Lipinski definition) is 5. The van der Waals surface area contributed by atoms with E-state index in [2.05, 4.69) is 34.4 Å². The van der Waals surface area contributed by atoms with Gasteiger partial charge in [0.15, 0.2) is 0 Å². The van der Waals surface area contributed by atoms with E-state index >= 15 is 0 Å². The van der Waals surface area contributed by atoms with E-state index in [1.165, 1.54) is 12.8 Å². The smallest absolute Gasteiger partial charge is 0.224 e. The Labute approximate surface area is 102 Å². The van der Waals surface area contributed by atoms with Gasteiger partial charge >= 0.3 is 0 Å². The third-order valence-corrected chi connectivity index (χ3v) is 2.57. The van der Waals surface area contributed by atoms with Gasteiger partial charge in [0, 0.05) is 24.6 Å². The average molecular weight is 236 g/mol. The van der Waals surface area contributed by atoms with Crippen LogP contribution in [0.25, 0.3) is 0 Å². The first-order valence-electron chi connectivity index (χ1n) is 6.19. The highest BCUT2D eigenvalue weighted by Crippen LogP contribution is 2.39. The molecule has 0 amide bonds. The molecular formula is C12H20N4O. The third kappa shape index (κ3) is 3.56. The number of aromatic nitrogens is 2. The van der Waals surface area contributed by atoms with Gasteiger partial charge in [-0.1, -0.05) is 0 Å². The molecule has 0 bridgehead atoms. The minimum Gasteiger partial charge on any atom is -0.395 e. The molecule has 2 rings (SSSR count). The van der Waals surface area contributed by atoms with Gasteiger partial charge in [-0.05, 0) is 26.7 Å². The number of nitrogens with zero attached hydrogens (tertiary/aromatic N) is 2. The first-order chi connectivity index (χ1) is 8.19. The van der Waals surface area contributed by atoms with Crippen molar-refractivity contribution in [2.45, 2.75) is 38.6 Å². The molecule has 0 spiro atoms. The molecule has 0 saturated heterocycles. The molecule has 94 valence electrons. The van der Waals surface area contributed by atoms with Crippen LogP contribution in [0.3, 0.4) is 0 Å². The molecule has 0 radical (unpaired) electrons. The Morgan fingerprint density at radius 1 is 1.41 bits per heavy atom. The Balaban J connectivity index is 2.15. The predicted molar refractivity (Wildman–Crippen MR) is 68.3 cm³/mol. The molecule has 17 heavy (non-hydrogen) atoms. The van der Waals surface area contributed by atoms with E-state index in [1.54, 1.807) is 0 Å². The summed E-state index contributed by atoms with van der Waals surface area (Å²) in [5.74, 6) is 2.06. The number of hydrogen-bond donors (Lipinski definition) is 3. The van der Waals surface area contributed by atoms with E-state index in [9.17, 15) is 0 Å². The Kier molecular flexibility index (Phi) is 3.78. The normalized spacial score (nSPS) is 15.1. The molecule has 0 aliphatic heterocycles. The van der Waals surface area contributed by atoms with Crippen molar-refractivity contribution in [1.29, 1.82) is 0 Å². The maximum absolute atomic E-state index is 8.80. The monoisotopic (exact) mass is 236 g/mol. The molecular weight excluding hydrogens is 216 g/mol. The summed E-state index contributed by atoms with van der Waals surface area (Å²) in [6.07, 6.45) is 2.44. The van der Waals surface area contributed by atoms with Crippen molar-refractivity contribution >= 4 is 11.8 Å². The van der Waals surface area contributed by atoms with Crippen LogP contribution < -0.4 is 10.6 Å². The van der Waals surface area contributed by atoms with E-state index in [1.807, 2.05) is 6.07 Å². The second-order valence-corrected chi connectivity index (χ2v) is 4.73. The van der Waals surface area contributed by atoms with Crippen LogP contribution in [0.15, 0.2) is 6.07 Å². The first-order valence-corrected chi connectivity index (χ1v) is 6.19. The van der Waals surface area contributed by atoms with Crippen LogP contribution in [0.2, 0.25) is 0 Å². The fraction of sp³-hybridized carbons (Fsp3) is 0.667. The third-order valence-electron chi connectivity index (χ3n) is 2.57. The van der Waals surface area contributed by atoms with Crippen LogP contribution in [0.1, 0.15) is 38.3 Å². The second-order valence-electron chi connectivity index (χ2n) is 4.73. The summed E-state index contributed by atoms with van der Waals surface area (Å²) in [6, 6.07) is 2.38. The number of aliphatic hydroxyl groups is 1. The average Bonchev–Trinajstić information content (AvgIpc) is 3.08. The van der Waals surface area contributed by atoms with Gasteiger partial charge in [-0.15, -0.1) is 0 Å². The first kappa shape index (κ1) is 12.1. The van der Waals surface area contributed by atoms with Crippen LogP contribution in [0.5, 0.6) is 0 Å². The van der Waals surface area contributed by atoms with Gasteiger partial charge in [0.25, 0.3) is 0 Å². The van der Waals surface area contributed by atoms with Gasteiger partial charge in [-0.25, -0.2) is 4.98 Å². The molecule has 5 nitrogen and oxygen atoms in total. The predicted octanol–water partition coefficient (Wildman–Crippen LogP) is 1.58. The minimum atomic E-state index is 0.0873. The van der Waals surface area contributed by atoms with Crippen molar-refractivity contribution in [3.63, 3.8) is 0 Å². The molecule has 3 N–H and O–H groups in total. The largest absolute Gasteiger partial charge is 0.395 e. The van der Waals surface area contributed by atoms with Crippen molar-refractivity contribution in [3.8, 4) is 0 Å². The lowest BCUT2D eigenvalue weighted by atomic mass is 10.2. The summed E-state index contributed by atoms with van der Waals surface area (Å²) in [4.78, 5) is 8.84. The maximum Gasteiger partial charge on any atom is 0.224 e. The lowest BCUT2D eigenvalue weighted by Crippen LogP contribution is -2.14. The van der Waals surface area contributed by atoms with Crippen LogP contribution in [-0.4, -0.2) is 34.3 Å². The second kappa shape index (κ2) is 5.31. The van der Waals surface area contributed by atoms with Crippen LogP contribution >= 0.6 is 0 Å². The molecule has 1 aliphatic rings. The van der Waals surface area contributed by atoms with Crippen molar-refractivity contribution < 1.29 is 5.11 Å². The number of aliphatic hydroxyl groups excluding tert-OH is 1. The summed E-state index contributed by atoms with van der Waals surface area (Å²) in [5, 5.41) is 15.1. The molecule has 1 fully saturated rings. The van der Waals surface area contributed by atoms with Crippen molar-refractivity contribution in [2.24, 2.45) is 0 Å². The number of rotatable bonds is 6. The van der Waals surface area contributed by atoms with Gasteiger partial charge in [0.1, 0.15) is 5.82 Å². The van der Waals surface area contributed by atoms with Crippen molar-refractivity contribution in [2.75, 3.05) is 23.8 Å².